The van der Waals surface area contributed by atoms with Gasteiger partial charge in [0.2, 0.25) is 5.91 Å². The number of thioether (sulfide) groups is 1. The van der Waals surface area contributed by atoms with E-state index in [2.05, 4.69) is 38.0 Å². The van der Waals surface area contributed by atoms with Gasteiger partial charge in [0.25, 0.3) is 5.56 Å². The Morgan fingerprint density at radius 1 is 1.26 bits per heavy atom. The van der Waals surface area contributed by atoms with Crippen LogP contribution in [0.1, 0.15) is 43.4 Å². The molecule has 0 bridgehead atoms. The Hall–Kier alpha value is -2.61. The van der Waals surface area contributed by atoms with Crippen molar-refractivity contribution in [3.05, 3.63) is 45.9 Å². The molecule has 2 atom stereocenters. The average molecular weight is 438 g/mol. The van der Waals surface area contributed by atoms with Gasteiger partial charge in [-0.3, -0.25) is 14.2 Å². The van der Waals surface area contributed by atoms with Gasteiger partial charge in [-0.25, -0.2) is 9.67 Å². The molecule has 2 aliphatic rings. The van der Waals surface area contributed by atoms with Crippen LogP contribution in [-0.4, -0.2) is 49.0 Å². The highest BCUT2D eigenvalue weighted by Crippen LogP contribution is 2.34. The molecular formula is C23H27N5O2S. The number of amides is 1. The Kier molecular flexibility index (Phi) is 5.12. The Morgan fingerprint density at radius 2 is 2.10 bits per heavy atom. The summed E-state index contributed by atoms with van der Waals surface area (Å²) in [6.45, 7) is 7.97. The van der Waals surface area contributed by atoms with Crippen LogP contribution in [0.2, 0.25) is 0 Å². The fraction of sp³-hybridized carbons (Fsp3) is 0.478. The van der Waals surface area contributed by atoms with Crippen molar-refractivity contribution in [1.82, 2.24) is 24.2 Å². The Labute approximate surface area is 185 Å². The summed E-state index contributed by atoms with van der Waals surface area (Å²) < 4.78 is 3.45. The zero-order chi connectivity index (χ0) is 21.7. The first-order valence-electron chi connectivity index (χ1n) is 10.9. The van der Waals surface area contributed by atoms with Gasteiger partial charge in [-0.1, -0.05) is 24.8 Å². The first-order valence-corrected chi connectivity index (χ1v) is 11.9. The summed E-state index contributed by atoms with van der Waals surface area (Å²) >= 11 is 1.55. The van der Waals surface area contributed by atoms with Crippen LogP contribution in [0.5, 0.6) is 0 Å². The minimum absolute atomic E-state index is 0.107. The molecule has 0 aliphatic carbocycles. The van der Waals surface area contributed by atoms with E-state index in [0.29, 0.717) is 34.3 Å². The monoisotopic (exact) mass is 437 g/mol. The van der Waals surface area contributed by atoms with Gasteiger partial charge in [-0.2, -0.15) is 5.10 Å². The number of aryl methyl sites for hydroxylation is 2. The summed E-state index contributed by atoms with van der Waals surface area (Å²) in [5.74, 6) is 1.38. The lowest BCUT2D eigenvalue weighted by molar-refractivity contribution is -0.133. The van der Waals surface area contributed by atoms with Gasteiger partial charge < -0.3 is 4.90 Å². The maximum atomic E-state index is 13.3. The van der Waals surface area contributed by atoms with Crippen molar-refractivity contribution in [1.29, 1.82) is 0 Å². The van der Waals surface area contributed by atoms with Crippen LogP contribution in [0.4, 0.5) is 0 Å². The average Bonchev–Trinajstić information content (AvgIpc) is 3.35. The van der Waals surface area contributed by atoms with Crippen LogP contribution in [0, 0.1) is 19.8 Å². The molecule has 1 aromatic carbocycles. The van der Waals surface area contributed by atoms with Crippen molar-refractivity contribution in [2.75, 3.05) is 18.8 Å². The van der Waals surface area contributed by atoms with Gasteiger partial charge >= 0.3 is 0 Å². The smallest absolute Gasteiger partial charge is 0.265 e. The molecule has 2 aliphatic heterocycles. The fourth-order valence-corrected chi connectivity index (χ4v) is 5.70. The highest BCUT2D eigenvalue weighted by Gasteiger charge is 2.31. The van der Waals surface area contributed by atoms with Gasteiger partial charge in [-0.05, 0) is 55.9 Å². The third-order valence-corrected chi connectivity index (χ3v) is 7.62. The van der Waals surface area contributed by atoms with Gasteiger partial charge in [-0.15, -0.1) is 0 Å². The molecule has 0 radical (unpaired) electrons. The third kappa shape index (κ3) is 3.56. The van der Waals surface area contributed by atoms with Crippen LogP contribution >= 0.6 is 11.8 Å². The first-order chi connectivity index (χ1) is 14.9. The van der Waals surface area contributed by atoms with E-state index >= 15 is 0 Å². The molecule has 1 fully saturated rings. The molecule has 8 heteroatoms. The number of benzene rings is 1. The number of fused-ring (bicyclic) bond motifs is 2. The van der Waals surface area contributed by atoms with E-state index in [1.807, 2.05) is 11.0 Å². The molecule has 0 saturated carbocycles. The van der Waals surface area contributed by atoms with Crippen molar-refractivity contribution < 1.29 is 4.79 Å². The number of likely N-dealkylation sites (tertiary alicyclic amines) is 1. The molecule has 7 nitrogen and oxygen atoms in total. The standard InChI is InChI=1S/C23H27N5O2S/c1-14-5-4-8-26(12-14)20(29)10-18-13-31-23-25-21-19(22(30)27(18)23)11-24-28(21)17-7-6-15(2)16(3)9-17/h6-7,9,11,14,18H,4-5,8,10,12-13H2,1-3H3. The normalized spacial score (nSPS) is 20.9. The van der Waals surface area contributed by atoms with Crippen LogP contribution in [0.3, 0.4) is 0 Å². The molecule has 2 unspecified atom stereocenters. The van der Waals surface area contributed by atoms with Crippen molar-refractivity contribution in [2.24, 2.45) is 5.92 Å². The van der Waals surface area contributed by atoms with Gasteiger partial charge in [0.05, 0.1) is 17.9 Å². The highest BCUT2D eigenvalue weighted by atomic mass is 32.2. The fourth-order valence-electron chi connectivity index (χ4n) is 4.57. The van der Waals surface area contributed by atoms with E-state index in [1.165, 1.54) is 17.5 Å². The van der Waals surface area contributed by atoms with E-state index in [0.717, 1.165) is 25.2 Å². The van der Waals surface area contributed by atoms with E-state index in [-0.39, 0.29) is 17.5 Å². The number of carbonyl (C=O) groups is 1. The van der Waals surface area contributed by atoms with E-state index < -0.39 is 0 Å². The number of rotatable bonds is 3. The van der Waals surface area contributed by atoms with Crippen molar-refractivity contribution >= 4 is 28.7 Å². The highest BCUT2D eigenvalue weighted by molar-refractivity contribution is 7.99. The minimum Gasteiger partial charge on any atom is -0.342 e. The Bertz CT molecular complexity index is 1230. The van der Waals surface area contributed by atoms with E-state index in [9.17, 15) is 9.59 Å². The van der Waals surface area contributed by atoms with Crippen LogP contribution in [-0.2, 0) is 4.79 Å². The quantitative estimate of drug-likeness (QED) is 0.587. The van der Waals surface area contributed by atoms with Gasteiger partial charge in [0.1, 0.15) is 5.39 Å². The summed E-state index contributed by atoms with van der Waals surface area (Å²) in [4.78, 5) is 33.0. The Morgan fingerprint density at radius 3 is 2.87 bits per heavy atom. The maximum Gasteiger partial charge on any atom is 0.265 e. The molecule has 5 rings (SSSR count). The number of nitrogens with zero attached hydrogens (tertiary/aromatic N) is 5. The van der Waals surface area contributed by atoms with Gasteiger partial charge in [0, 0.05) is 25.3 Å². The molecule has 0 spiro atoms. The number of hydrogen-bond donors (Lipinski definition) is 0. The number of piperidine rings is 1. The molecule has 3 aromatic rings. The lowest BCUT2D eigenvalue weighted by atomic mass is 10.00. The number of hydrogen-bond acceptors (Lipinski definition) is 5. The second-order valence-electron chi connectivity index (χ2n) is 8.89. The molecule has 1 saturated heterocycles. The molecule has 31 heavy (non-hydrogen) atoms. The zero-order valence-electron chi connectivity index (χ0n) is 18.2. The van der Waals surface area contributed by atoms with Crippen molar-refractivity contribution in [2.45, 2.75) is 51.2 Å². The summed E-state index contributed by atoms with van der Waals surface area (Å²) in [5, 5.41) is 5.63. The lowest BCUT2D eigenvalue weighted by Crippen LogP contribution is -2.40. The largest absolute Gasteiger partial charge is 0.342 e. The second-order valence-corrected chi connectivity index (χ2v) is 9.88. The van der Waals surface area contributed by atoms with Crippen LogP contribution < -0.4 is 5.56 Å². The topological polar surface area (TPSA) is 73.0 Å². The summed E-state index contributed by atoms with van der Waals surface area (Å²) in [6, 6.07) is 5.95. The molecule has 1 amide bonds. The van der Waals surface area contributed by atoms with Gasteiger partial charge in [0.15, 0.2) is 10.8 Å². The Balaban J connectivity index is 1.47. The predicted octanol–water partition coefficient (Wildman–Crippen LogP) is 3.49. The number of aromatic nitrogens is 4. The molecule has 4 heterocycles. The van der Waals surface area contributed by atoms with E-state index in [4.69, 9.17) is 4.98 Å². The molecule has 2 aromatic heterocycles. The maximum absolute atomic E-state index is 13.3. The predicted molar refractivity (Wildman–Crippen MR) is 122 cm³/mol. The van der Waals surface area contributed by atoms with Crippen LogP contribution in [0.25, 0.3) is 16.7 Å². The summed E-state index contributed by atoms with van der Waals surface area (Å²) in [5.41, 5.74) is 3.73. The minimum atomic E-state index is -0.154. The lowest BCUT2D eigenvalue weighted by Gasteiger charge is -2.31. The second kappa shape index (κ2) is 7.82. The molecule has 0 N–H and O–H groups in total. The molecule has 162 valence electrons. The zero-order valence-corrected chi connectivity index (χ0v) is 19.0. The third-order valence-electron chi connectivity index (χ3n) is 6.53. The van der Waals surface area contributed by atoms with Crippen molar-refractivity contribution in [3.8, 4) is 5.69 Å². The van der Waals surface area contributed by atoms with Crippen molar-refractivity contribution in [3.63, 3.8) is 0 Å². The SMILES string of the molecule is Cc1ccc(-n2ncc3c(=O)n4c(nc32)SCC4CC(=O)N2CCCC(C)C2)cc1C. The first kappa shape index (κ1) is 20.3. The summed E-state index contributed by atoms with van der Waals surface area (Å²) in [7, 11) is 0. The molecular weight excluding hydrogens is 410 g/mol. The van der Waals surface area contributed by atoms with Crippen LogP contribution in [0.15, 0.2) is 34.3 Å². The van der Waals surface area contributed by atoms with E-state index in [1.54, 1.807) is 27.2 Å². The number of carbonyl (C=O) groups excluding carboxylic acids is 1. The summed E-state index contributed by atoms with van der Waals surface area (Å²) in [6.07, 6.45) is 4.19.